The molecule has 8 atom stereocenters. The fourth-order valence-electron chi connectivity index (χ4n) is 6.81. The van der Waals surface area contributed by atoms with Crippen molar-refractivity contribution in [3.05, 3.63) is 35.1 Å². The number of amides is 1. The van der Waals surface area contributed by atoms with Crippen LogP contribution in [-0.2, 0) is 40.5 Å². The maximum atomic E-state index is 12.9. The van der Waals surface area contributed by atoms with Gasteiger partial charge in [0.15, 0.2) is 35.9 Å². The lowest BCUT2D eigenvalue weighted by atomic mass is 9.47. The van der Waals surface area contributed by atoms with Gasteiger partial charge in [-0.15, -0.1) is 0 Å². The zero-order valence-corrected chi connectivity index (χ0v) is 22.8. The van der Waals surface area contributed by atoms with Crippen molar-refractivity contribution in [1.29, 1.82) is 0 Å². The van der Waals surface area contributed by atoms with Gasteiger partial charge in [0.2, 0.25) is 0 Å². The van der Waals surface area contributed by atoms with Crippen LogP contribution in [0.1, 0.15) is 50.7 Å². The highest BCUT2D eigenvalue weighted by Crippen LogP contribution is 2.67. The maximum absolute atomic E-state index is 12.9. The standard InChI is InChI=1S/C28H33NO12/c1-12(24(33)34)29-23(32)13(2)39-25(35)19(30)20(31)26(36)40-17-8-10-28(37)15-5-4-9-27(28)18-14(11-15)6-7-16(38-3)21(18)41-22(17)27/h6-8,12-13,15,19-20,22,30-31,37H,4-5,9-11H2,1-3H3,(H,29,32)(H,33,34)/t12-,13-,15-,19+,20+,22+,27+,28-/m0/s1. The van der Waals surface area contributed by atoms with Crippen molar-refractivity contribution in [2.45, 2.75) is 87.4 Å². The average Bonchev–Trinajstić information content (AvgIpc) is 3.28. The summed E-state index contributed by atoms with van der Waals surface area (Å²) in [6.07, 6.45) is -2.66. The van der Waals surface area contributed by atoms with Crippen LogP contribution in [0.5, 0.6) is 11.5 Å². The third-order valence-corrected chi connectivity index (χ3v) is 8.86. The summed E-state index contributed by atoms with van der Waals surface area (Å²) in [6.45, 7) is 2.33. The number of benzene rings is 1. The summed E-state index contributed by atoms with van der Waals surface area (Å²) in [5, 5.41) is 43.8. The van der Waals surface area contributed by atoms with Gasteiger partial charge in [0.1, 0.15) is 11.8 Å². The van der Waals surface area contributed by atoms with Crippen molar-refractivity contribution in [1.82, 2.24) is 5.32 Å². The van der Waals surface area contributed by atoms with E-state index in [9.17, 15) is 34.5 Å². The van der Waals surface area contributed by atoms with Crippen LogP contribution >= 0.6 is 0 Å². The Morgan fingerprint density at radius 2 is 1.83 bits per heavy atom. The van der Waals surface area contributed by atoms with Crippen LogP contribution in [0.3, 0.4) is 0 Å². The Labute approximate surface area is 235 Å². The second kappa shape index (κ2) is 10.3. The molecule has 5 rings (SSSR count). The molecule has 2 bridgehead atoms. The van der Waals surface area contributed by atoms with E-state index in [-0.39, 0.29) is 18.1 Å². The molecule has 0 aromatic heterocycles. The minimum Gasteiger partial charge on any atom is -0.493 e. The number of carboxylic acid groups (broad SMARTS) is 1. The number of ether oxygens (including phenoxy) is 4. The Bertz CT molecular complexity index is 1330. The minimum absolute atomic E-state index is 0.0291. The van der Waals surface area contributed by atoms with Crippen molar-refractivity contribution >= 4 is 23.8 Å². The number of aliphatic hydroxyl groups is 3. The molecule has 1 fully saturated rings. The first-order valence-corrected chi connectivity index (χ1v) is 13.5. The van der Waals surface area contributed by atoms with E-state index < -0.39 is 65.3 Å². The predicted molar refractivity (Wildman–Crippen MR) is 137 cm³/mol. The van der Waals surface area contributed by atoms with Gasteiger partial charge in [-0.05, 0) is 63.2 Å². The SMILES string of the molecule is COc1ccc2c3c1O[C@@H]1C(OC(=O)[C@H](O)[C@@H](O)C(=O)O[C@@H](C)C(=O)N[C@@H](C)C(=O)O)=CC[C@]4(O)[C@@H](CCC[C@@]314)C2. The lowest BCUT2D eigenvalue weighted by Crippen LogP contribution is -2.67. The number of carbonyl (C=O) groups is 4. The number of hydrogen-bond acceptors (Lipinski definition) is 11. The van der Waals surface area contributed by atoms with Crippen molar-refractivity contribution in [2.24, 2.45) is 5.92 Å². The van der Waals surface area contributed by atoms with E-state index >= 15 is 0 Å². The number of carbonyl (C=O) groups excluding carboxylic acids is 3. The second-order valence-electron chi connectivity index (χ2n) is 11.1. The molecule has 1 amide bonds. The zero-order chi connectivity index (χ0) is 29.9. The van der Waals surface area contributed by atoms with E-state index in [4.69, 9.17) is 24.1 Å². The Kier molecular flexibility index (Phi) is 7.24. The van der Waals surface area contributed by atoms with Gasteiger partial charge in [-0.25, -0.2) is 9.59 Å². The third kappa shape index (κ3) is 4.34. The predicted octanol–water partition coefficient (Wildman–Crippen LogP) is -0.145. The molecule has 1 aliphatic heterocycles. The van der Waals surface area contributed by atoms with Gasteiger partial charge in [-0.3, -0.25) is 9.59 Å². The normalized spacial score (nSPS) is 29.9. The van der Waals surface area contributed by atoms with E-state index in [1.54, 1.807) is 6.07 Å². The van der Waals surface area contributed by atoms with Gasteiger partial charge < -0.3 is 44.7 Å². The van der Waals surface area contributed by atoms with Crippen LogP contribution in [0.4, 0.5) is 0 Å². The Morgan fingerprint density at radius 1 is 1.12 bits per heavy atom. The van der Waals surface area contributed by atoms with Crippen LogP contribution in [0.25, 0.3) is 0 Å². The van der Waals surface area contributed by atoms with E-state index in [0.29, 0.717) is 24.3 Å². The molecule has 0 radical (unpaired) electrons. The summed E-state index contributed by atoms with van der Waals surface area (Å²) in [5.41, 5.74) is -0.224. The number of esters is 2. The second-order valence-corrected chi connectivity index (χ2v) is 11.1. The van der Waals surface area contributed by atoms with E-state index in [1.165, 1.54) is 20.1 Å². The number of hydrogen-bond donors (Lipinski definition) is 5. The van der Waals surface area contributed by atoms with Crippen LogP contribution < -0.4 is 14.8 Å². The summed E-state index contributed by atoms with van der Waals surface area (Å²) in [6, 6.07) is 2.49. The van der Waals surface area contributed by atoms with Crippen LogP contribution in [0.2, 0.25) is 0 Å². The van der Waals surface area contributed by atoms with E-state index in [0.717, 1.165) is 30.9 Å². The van der Waals surface area contributed by atoms with Crippen molar-refractivity contribution in [2.75, 3.05) is 7.11 Å². The Morgan fingerprint density at radius 3 is 2.51 bits per heavy atom. The number of aliphatic carboxylic acids is 1. The summed E-state index contributed by atoms with van der Waals surface area (Å²) in [4.78, 5) is 48.3. The maximum Gasteiger partial charge on any atom is 0.343 e. The zero-order valence-electron chi connectivity index (χ0n) is 22.8. The molecule has 1 aromatic carbocycles. The van der Waals surface area contributed by atoms with Gasteiger partial charge in [0.05, 0.1) is 18.1 Å². The summed E-state index contributed by atoms with van der Waals surface area (Å²) in [7, 11) is 1.50. The fourth-order valence-corrected chi connectivity index (χ4v) is 6.81. The van der Waals surface area contributed by atoms with Gasteiger partial charge in [-0.1, -0.05) is 12.5 Å². The molecule has 0 unspecified atom stereocenters. The first-order chi connectivity index (χ1) is 19.4. The average molecular weight is 576 g/mol. The van der Waals surface area contributed by atoms with Gasteiger partial charge in [-0.2, -0.15) is 0 Å². The van der Waals surface area contributed by atoms with Gasteiger partial charge in [0.25, 0.3) is 5.91 Å². The highest BCUT2D eigenvalue weighted by molar-refractivity contribution is 5.90. The number of aliphatic hydroxyl groups excluding tert-OH is 2. The molecule has 5 N–H and O–H groups in total. The summed E-state index contributed by atoms with van der Waals surface area (Å²) < 4.78 is 22.2. The van der Waals surface area contributed by atoms with Crippen LogP contribution in [0, 0.1) is 5.92 Å². The highest BCUT2D eigenvalue weighted by atomic mass is 16.6. The molecule has 1 heterocycles. The molecular formula is C28H33NO12. The van der Waals surface area contributed by atoms with Crippen molar-refractivity contribution < 1.29 is 58.6 Å². The fraction of sp³-hybridized carbons (Fsp3) is 0.571. The molecule has 41 heavy (non-hydrogen) atoms. The van der Waals surface area contributed by atoms with E-state index in [2.05, 4.69) is 5.32 Å². The molecular weight excluding hydrogens is 542 g/mol. The quantitative estimate of drug-likeness (QED) is 0.245. The van der Waals surface area contributed by atoms with Gasteiger partial charge >= 0.3 is 17.9 Å². The lowest BCUT2D eigenvalue weighted by Gasteiger charge is -2.59. The van der Waals surface area contributed by atoms with Crippen molar-refractivity contribution in [3.8, 4) is 11.5 Å². The highest BCUT2D eigenvalue weighted by Gasteiger charge is 2.71. The Hall–Kier alpha value is -3.68. The largest absolute Gasteiger partial charge is 0.493 e. The number of methoxy groups -OCH3 is 1. The molecule has 13 nitrogen and oxygen atoms in total. The smallest absolute Gasteiger partial charge is 0.343 e. The molecule has 0 saturated heterocycles. The topological polar surface area (TPSA) is 198 Å². The molecule has 13 heteroatoms. The minimum atomic E-state index is -2.41. The molecule has 4 aliphatic rings. The molecule has 1 aromatic rings. The van der Waals surface area contributed by atoms with E-state index in [1.807, 2.05) is 6.07 Å². The number of carboxylic acids is 1. The number of nitrogens with one attached hydrogen (secondary N) is 1. The molecule has 222 valence electrons. The van der Waals surface area contributed by atoms with Crippen molar-refractivity contribution in [3.63, 3.8) is 0 Å². The summed E-state index contributed by atoms with van der Waals surface area (Å²) in [5.74, 6) is -4.20. The Balaban J connectivity index is 1.33. The lowest BCUT2D eigenvalue weighted by molar-refractivity contribution is -0.179. The molecule has 1 spiro atoms. The monoisotopic (exact) mass is 575 g/mol. The summed E-state index contributed by atoms with van der Waals surface area (Å²) >= 11 is 0. The molecule has 1 saturated carbocycles. The number of rotatable bonds is 9. The first-order valence-electron chi connectivity index (χ1n) is 13.5. The molecule has 3 aliphatic carbocycles. The van der Waals surface area contributed by atoms with Gasteiger partial charge in [0, 0.05) is 5.56 Å². The third-order valence-electron chi connectivity index (χ3n) is 8.86. The first kappa shape index (κ1) is 28.8. The van der Waals surface area contributed by atoms with Crippen LogP contribution in [0.15, 0.2) is 24.0 Å². The van der Waals surface area contributed by atoms with Crippen LogP contribution in [-0.4, -0.2) is 87.4 Å².